The van der Waals surface area contributed by atoms with Crippen molar-refractivity contribution in [3.63, 3.8) is 0 Å². The first-order valence-corrected chi connectivity index (χ1v) is 7.40. The molecule has 1 aromatic heterocycles. The van der Waals surface area contributed by atoms with Crippen molar-refractivity contribution < 1.29 is 14.9 Å². The number of nitrogens with zero attached hydrogens (tertiary/aromatic N) is 3. The lowest BCUT2D eigenvalue weighted by molar-refractivity contribution is -0.0272. The summed E-state index contributed by atoms with van der Waals surface area (Å²) in [6, 6.07) is 0. The fraction of sp³-hybridized carbons (Fsp3) is 0.714. The molecule has 0 spiro atoms. The molecule has 0 saturated carbocycles. The van der Waals surface area contributed by atoms with Crippen molar-refractivity contribution in [2.45, 2.75) is 51.2 Å². The van der Waals surface area contributed by atoms with Crippen molar-refractivity contribution in [3.8, 4) is 0 Å². The van der Waals surface area contributed by atoms with Gasteiger partial charge >= 0.3 is 0 Å². The van der Waals surface area contributed by atoms with Gasteiger partial charge in [0.05, 0.1) is 24.9 Å². The number of aliphatic imine (C=N–C) groups is 1. The molecule has 1 saturated heterocycles. The summed E-state index contributed by atoms with van der Waals surface area (Å²) < 4.78 is 7.77. The molecule has 2 aliphatic rings. The summed E-state index contributed by atoms with van der Waals surface area (Å²) in [4.78, 5) is 8.55. The lowest BCUT2D eigenvalue weighted by Gasteiger charge is -2.17. The number of aromatic nitrogens is 2. The van der Waals surface area contributed by atoms with E-state index >= 15 is 0 Å². The first-order valence-electron chi connectivity index (χ1n) is 7.40. The van der Waals surface area contributed by atoms with Gasteiger partial charge in [-0.2, -0.15) is 0 Å². The standard InChI is InChI=1S/C14H22N4O3/c1-8(2)3-11-9(19)4-12(21-11)18-7-17-13-10(20)5-15-6-16-14(13)18/h6-12,19-20H,3-5H2,1-2H3,(H,15,16)/t9-,10+,11+,12+/m0/s1. The van der Waals surface area contributed by atoms with Crippen molar-refractivity contribution in [2.24, 2.45) is 10.9 Å². The van der Waals surface area contributed by atoms with Crippen LogP contribution in [-0.4, -0.2) is 44.9 Å². The highest BCUT2D eigenvalue weighted by molar-refractivity contribution is 5.62. The quantitative estimate of drug-likeness (QED) is 0.769. The van der Waals surface area contributed by atoms with E-state index in [9.17, 15) is 10.2 Å². The van der Waals surface area contributed by atoms with E-state index in [2.05, 4.69) is 29.1 Å². The molecule has 0 unspecified atom stereocenters. The molecule has 3 heterocycles. The van der Waals surface area contributed by atoms with Crippen LogP contribution < -0.4 is 5.32 Å². The average molecular weight is 294 g/mol. The zero-order valence-electron chi connectivity index (χ0n) is 12.3. The minimum atomic E-state index is -0.693. The number of aliphatic hydroxyl groups excluding tert-OH is 2. The van der Waals surface area contributed by atoms with E-state index in [1.165, 1.54) is 0 Å². The van der Waals surface area contributed by atoms with Crippen LogP contribution in [0.4, 0.5) is 5.82 Å². The van der Waals surface area contributed by atoms with Crippen LogP contribution in [0.3, 0.4) is 0 Å². The Morgan fingerprint density at radius 2 is 2.29 bits per heavy atom. The maximum Gasteiger partial charge on any atom is 0.162 e. The molecule has 4 atom stereocenters. The Balaban J connectivity index is 1.82. The molecular formula is C14H22N4O3. The van der Waals surface area contributed by atoms with Gasteiger partial charge in [-0.05, 0) is 12.3 Å². The number of imidazole rings is 1. The number of aliphatic hydroxyl groups is 2. The summed E-state index contributed by atoms with van der Waals surface area (Å²) in [7, 11) is 0. The van der Waals surface area contributed by atoms with Crippen LogP contribution in [0.25, 0.3) is 0 Å². The number of hydrogen-bond donors (Lipinski definition) is 3. The van der Waals surface area contributed by atoms with E-state index in [1.807, 2.05) is 0 Å². The second kappa shape index (κ2) is 5.75. The lowest BCUT2D eigenvalue weighted by Crippen LogP contribution is -2.22. The number of β-amino-alcohol motifs (C(OH)–C–C–N with tert-alkyl or cyclic N) is 1. The number of fused-ring (bicyclic) bond motifs is 1. The molecule has 21 heavy (non-hydrogen) atoms. The molecule has 0 radical (unpaired) electrons. The third-order valence-corrected chi connectivity index (χ3v) is 3.92. The van der Waals surface area contributed by atoms with Crippen LogP contribution in [0.5, 0.6) is 0 Å². The van der Waals surface area contributed by atoms with E-state index in [0.717, 1.165) is 6.42 Å². The summed E-state index contributed by atoms with van der Waals surface area (Å²) in [6.45, 7) is 4.61. The molecule has 2 aliphatic heterocycles. The molecule has 7 nitrogen and oxygen atoms in total. The minimum Gasteiger partial charge on any atom is -0.390 e. The summed E-state index contributed by atoms with van der Waals surface area (Å²) in [5.74, 6) is 1.06. The second-order valence-electron chi connectivity index (χ2n) is 6.10. The van der Waals surface area contributed by atoms with Crippen LogP contribution in [0.1, 0.15) is 44.7 Å². The van der Waals surface area contributed by atoms with Crippen molar-refractivity contribution in [3.05, 3.63) is 12.0 Å². The van der Waals surface area contributed by atoms with Crippen molar-refractivity contribution in [1.82, 2.24) is 14.9 Å². The van der Waals surface area contributed by atoms with Crippen LogP contribution in [0, 0.1) is 5.92 Å². The summed E-state index contributed by atoms with van der Waals surface area (Å²) in [5, 5.41) is 23.1. The van der Waals surface area contributed by atoms with E-state index in [-0.39, 0.29) is 12.3 Å². The van der Waals surface area contributed by atoms with Gasteiger partial charge < -0.3 is 20.3 Å². The first-order chi connectivity index (χ1) is 10.1. The summed E-state index contributed by atoms with van der Waals surface area (Å²) in [5.41, 5.74) is 0.543. The van der Waals surface area contributed by atoms with E-state index in [1.54, 1.807) is 17.2 Å². The monoisotopic (exact) mass is 294 g/mol. The van der Waals surface area contributed by atoms with Gasteiger partial charge in [-0.25, -0.2) is 9.98 Å². The zero-order valence-corrected chi connectivity index (χ0v) is 12.3. The number of rotatable bonds is 3. The van der Waals surface area contributed by atoms with Gasteiger partial charge in [0.15, 0.2) is 5.82 Å². The predicted molar refractivity (Wildman–Crippen MR) is 77.3 cm³/mol. The maximum absolute atomic E-state index is 10.2. The molecule has 1 aromatic rings. The third-order valence-electron chi connectivity index (χ3n) is 3.92. The highest BCUT2D eigenvalue weighted by Crippen LogP contribution is 2.36. The van der Waals surface area contributed by atoms with Gasteiger partial charge in [0.2, 0.25) is 0 Å². The highest BCUT2D eigenvalue weighted by Gasteiger charge is 2.36. The molecule has 0 aromatic carbocycles. The molecule has 3 N–H and O–H groups in total. The fourth-order valence-electron chi connectivity index (χ4n) is 2.88. The molecule has 116 valence electrons. The summed E-state index contributed by atoms with van der Waals surface area (Å²) in [6.07, 6.45) is 2.90. The Hall–Kier alpha value is -1.44. The van der Waals surface area contributed by atoms with Gasteiger partial charge in [-0.3, -0.25) is 4.57 Å². The maximum atomic E-state index is 10.2. The number of nitrogens with one attached hydrogen (secondary N) is 1. The van der Waals surface area contributed by atoms with Crippen molar-refractivity contribution in [2.75, 3.05) is 6.54 Å². The Labute approximate surface area is 123 Å². The molecule has 3 rings (SSSR count). The van der Waals surface area contributed by atoms with E-state index < -0.39 is 12.2 Å². The fourth-order valence-corrected chi connectivity index (χ4v) is 2.88. The SMILES string of the molecule is CC(C)C[C@H]1O[C@@H](n2cnc3c2N=CNC[C@H]3O)C[C@@H]1O. The minimum absolute atomic E-state index is 0.161. The predicted octanol–water partition coefficient (Wildman–Crippen LogP) is 0.874. The first kappa shape index (κ1) is 14.5. The number of hydrogen-bond acceptors (Lipinski definition) is 6. The molecule has 0 bridgehead atoms. The molecule has 1 fully saturated rings. The highest BCUT2D eigenvalue weighted by atomic mass is 16.5. The topological polar surface area (TPSA) is 91.9 Å². The van der Waals surface area contributed by atoms with Crippen molar-refractivity contribution in [1.29, 1.82) is 0 Å². The van der Waals surface area contributed by atoms with Gasteiger partial charge in [-0.15, -0.1) is 0 Å². The molecular weight excluding hydrogens is 272 g/mol. The van der Waals surface area contributed by atoms with Gasteiger partial charge in [0.25, 0.3) is 0 Å². The van der Waals surface area contributed by atoms with E-state index in [4.69, 9.17) is 4.74 Å². The Morgan fingerprint density at radius 1 is 1.48 bits per heavy atom. The molecule has 0 aliphatic carbocycles. The lowest BCUT2D eigenvalue weighted by atomic mass is 10.0. The van der Waals surface area contributed by atoms with Gasteiger partial charge in [0.1, 0.15) is 18.0 Å². The second-order valence-corrected chi connectivity index (χ2v) is 6.10. The summed E-state index contributed by atoms with van der Waals surface area (Å²) >= 11 is 0. The molecule has 0 amide bonds. The smallest absolute Gasteiger partial charge is 0.162 e. The Morgan fingerprint density at radius 3 is 3.05 bits per heavy atom. The van der Waals surface area contributed by atoms with Gasteiger partial charge in [0, 0.05) is 13.0 Å². The Bertz CT molecular complexity index is 528. The van der Waals surface area contributed by atoms with Crippen LogP contribution in [-0.2, 0) is 4.74 Å². The van der Waals surface area contributed by atoms with Crippen LogP contribution in [0.15, 0.2) is 11.3 Å². The zero-order chi connectivity index (χ0) is 15.0. The Kier molecular flexibility index (Phi) is 3.97. The van der Waals surface area contributed by atoms with Gasteiger partial charge in [-0.1, -0.05) is 13.8 Å². The van der Waals surface area contributed by atoms with Crippen LogP contribution in [0.2, 0.25) is 0 Å². The van der Waals surface area contributed by atoms with Crippen molar-refractivity contribution >= 4 is 12.2 Å². The van der Waals surface area contributed by atoms with E-state index in [0.29, 0.717) is 30.4 Å². The third kappa shape index (κ3) is 2.81. The normalized spacial score (nSPS) is 32.0. The average Bonchev–Trinajstić information content (AvgIpc) is 2.93. The number of ether oxygens (including phenoxy) is 1. The molecule has 7 heteroatoms. The largest absolute Gasteiger partial charge is 0.390 e. The van der Waals surface area contributed by atoms with Crippen LogP contribution >= 0.6 is 0 Å².